The van der Waals surface area contributed by atoms with Crippen molar-refractivity contribution in [1.82, 2.24) is 4.72 Å². The molecule has 0 saturated heterocycles. The van der Waals surface area contributed by atoms with Crippen molar-refractivity contribution in [3.8, 4) is 0 Å². The summed E-state index contributed by atoms with van der Waals surface area (Å²) in [4.78, 5) is 0.0891. The van der Waals surface area contributed by atoms with Crippen LogP contribution >= 0.6 is 0 Å². The smallest absolute Gasteiger partial charge is 0.240 e. The maximum Gasteiger partial charge on any atom is 0.240 e. The molecule has 4 nitrogen and oxygen atoms in total. The number of halogens is 1. The molecule has 2 rings (SSSR count). The first-order valence-electron chi connectivity index (χ1n) is 5.98. The summed E-state index contributed by atoms with van der Waals surface area (Å²) in [6, 6.07) is 4.99. The van der Waals surface area contributed by atoms with Gasteiger partial charge in [0.05, 0.1) is 4.90 Å². The van der Waals surface area contributed by atoms with Crippen LogP contribution in [-0.4, -0.2) is 21.0 Å². The van der Waals surface area contributed by atoms with Gasteiger partial charge in [0.1, 0.15) is 5.82 Å². The summed E-state index contributed by atoms with van der Waals surface area (Å²) in [6.07, 6.45) is 2.75. The van der Waals surface area contributed by atoms with Crippen molar-refractivity contribution in [2.45, 2.75) is 30.2 Å². The molecule has 1 aromatic rings. The van der Waals surface area contributed by atoms with Gasteiger partial charge in [-0.05, 0) is 49.4 Å². The number of benzene rings is 1. The minimum Gasteiger partial charge on any atom is -0.328 e. The molecule has 0 bridgehead atoms. The normalized spacial score (nSPS) is 24.3. The summed E-state index contributed by atoms with van der Waals surface area (Å²) >= 11 is 0. The van der Waals surface area contributed by atoms with Crippen molar-refractivity contribution in [1.29, 1.82) is 0 Å². The molecule has 2 atom stereocenters. The third-order valence-electron chi connectivity index (χ3n) is 3.27. The Hall–Kier alpha value is -0.980. The van der Waals surface area contributed by atoms with Crippen LogP contribution in [0.1, 0.15) is 19.3 Å². The van der Waals surface area contributed by atoms with E-state index in [2.05, 4.69) is 4.72 Å². The number of nitrogens with two attached hydrogens (primary N) is 1. The first-order valence-corrected chi connectivity index (χ1v) is 7.46. The van der Waals surface area contributed by atoms with E-state index in [4.69, 9.17) is 5.73 Å². The monoisotopic (exact) mass is 272 g/mol. The molecule has 2 unspecified atom stereocenters. The van der Waals surface area contributed by atoms with E-state index in [-0.39, 0.29) is 10.9 Å². The van der Waals surface area contributed by atoms with Crippen LogP contribution in [0.4, 0.5) is 4.39 Å². The van der Waals surface area contributed by atoms with Gasteiger partial charge < -0.3 is 5.73 Å². The van der Waals surface area contributed by atoms with E-state index in [9.17, 15) is 12.8 Å². The van der Waals surface area contributed by atoms with Gasteiger partial charge in [-0.25, -0.2) is 17.5 Å². The highest BCUT2D eigenvalue weighted by Crippen LogP contribution is 2.23. The molecule has 1 aliphatic rings. The van der Waals surface area contributed by atoms with Gasteiger partial charge in [-0.15, -0.1) is 0 Å². The van der Waals surface area contributed by atoms with Gasteiger partial charge in [0.15, 0.2) is 0 Å². The standard InChI is InChI=1S/C12H17FN2O2S/c13-10-2-5-12(6-3-10)18(16,17)15-8-9-1-4-11(14)7-9/h2-3,5-6,9,11,15H,1,4,7-8,14H2. The molecule has 18 heavy (non-hydrogen) atoms. The highest BCUT2D eigenvalue weighted by atomic mass is 32.2. The first kappa shape index (κ1) is 13.5. The maximum absolute atomic E-state index is 12.7. The van der Waals surface area contributed by atoms with Gasteiger partial charge in [0.25, 0.3) is 0 Å². The zero-order chi connectivity index (χ0) is 13.2. The largest absolute Gasteiger partial charge is 0.328 e. The molecule has 1 fully saturated rings. The van der Waals surface area contributed by atoms with Gasteiger partial charge in [-0.1, -0.05) is 0 Å². The second-order valence-electron chi connectivity index (χ2n) is 4.74. The molecule has 6 heteroatoms. The lowest BCUT2D eigenvalue weighted by atomic mass is 10.1. The lowest BCUT2D eigenvalue weighted by Crippen LogP contribution is -2.29. The molecular formula is C12H17FN2O2S. The second-order valence-corrected chi connectivity index (χ2v) is 6.51. The zero-order valence-electron chi connectivity index (χ0n) is 9.97. The number of hydrogen-bond acceptors (Lipinski definition) is 3. The third kappa shape index (κ3) is 3.28. The minimum absolute atomic E-state index is 0.0891. The average Bonchev–Trinajstić information content (AvgIpc) is 2.73. The van der Waals surface area contributed by atoms with Crippen molar-refractivity contribution < 1.29 is 12.8 Å². The van der Waals surface area contributed by atoms with E-state index in [0.29, 0.717) is 12.5 Å². The summed E-state index contributed by atoms with van der Waals surface area (Å²) in [5.41, 5.74) is 5.77. The molecule has 3 N–H and O–H groups in total. The van der Waals surface area contributed by atoms with Crippen LogP contribution in [0.5, 0.6) is 0 Å². The molecule has 100 valence electrons. The highest BCUT2D eigenvalue weighted by Gasteiger charge is 2.23. The topological polar surface area (TPSA) is 72.2 Å². The Morgan fingerprint density at radius 2 is 1.94 bits per heavy atom. The molecule has 0 radical (unpaired) electrons. The second kappa shape index (κ2) is 5.34. The number of rotatable bonds is 4. The van der Waals surface area contributed by atoms with Gasteiger partial charge in [0.2, 0.25) is 10.0 Å². The summed E-state index contributed by atoms with van der Waals surface area (Å²) in [5.74, 6) is -0.147. The third-order valence-corrected chi connectivity index (χ3v) is 4.71. The molecule has 0 spiro atoms. The van der Waals surface area contributed by atoms with Gasteiger partial charge >= 0.3 is 0 Å². The minimum atomic E-state index is -3.54. The van der Waals surface area contributed by atoms with Crippen molar-refractivity contribution in [2.24, 2.45) is 11.7 Å². The first-order chi connectivity index (χ1) is 8.47. The quantitative estimate of drug-likeness (QED) is 0.866. The molecular weight excluding hydrogens is 255 g/mol. The van der Waals surface area contributed by atoms with Gasteiger partial charge in [0, 0.05) is 12.6 Å². The molecule has 1 saturated carbocycles. The van der Waals surface area contributed by atoms with E-state index >= 15 is 0 Å². The van der Waals surface area contributed by atoms with Crippen LogP contribution in [0.25, 0.3) is 0 Å². The molecule has 0 aromatic heterocycles. The van der Waals surface area contributed by atoms with Gasteiger partial charge in [-0.3, -0.25) is 0 Å². The molecule has 0 aliphatic heterocycles. The Balaban J connectivity index is 1.97. The lowest BCUT2D eigenvalue weighted by molar-refractivity contribution is 0.512. The van der Waals surface area contributed by atoms with Crippen LogP contribution in [0.3, 0.4) is 0 Å². The fraction of sp³-hybridized carbons (Fsp3) is 0.500. The summed E-state index contributed by atoms with van der Waals surface area (Å²) in [5, 5.41) is 0. The molecule has 0 heterocycles. The predicted molar refractivity (Wildman–Crippen MR) is 66.9 cm³/mol. The van der Waals surface area contributed by atoms with Crippen LogP contribution in [0.15, 0.2) is 29.2 Å². The van der Waals surface area contributed by atoms with Crippen molar-refractivity contribution in [2.75, 3.05) is 6.54 Å². The van der Waals surface area contributed by atoms with Crippen molar-refractivity contribution >= 4 is 10.0 Å². The van der Waals surface area contributed by atoms with E-state index in [0.717, 1.165) is 31.4 Å². The summed E-state index contributed by atoms with van der Waals surface area (Å²) in [6.45, 7) is 0.396. The Bertz CT molecular complexity index is 501. The van der Waals surface area contributed by atoms with Crippen molar-refractivity contribution in [3.63, 3.8) is 0 Å². The predicted octanol–water partition coefficient (Wildman–Crippen LogP) is 1.23. The Morgan fingerprint density at radius 3 is 2.50 bits per heavy atom. The summed E-state index contributed by atoms with van der Waals surface area (Å²) < 4.78 is 39.1. The fourth-order valence-corrected chi connectivity index (χ4v) is 3.34. The lowest BCUT2D eigenvalue weighted by Gasteiger charge is -2.11. The Morgan fingerprint density at radius 1 is 1.28 bits per heavy atom. The highest BCUT2D eigenvalue weighted by molar-refractivity contribution is 7.89. The Kier molecular flexibility index (Phi) is 3.99. The van der Waals surface area contributed by atoms with Crippen LogP contribution < -0.4 is 10.5 Å². The average molecular weight is 272 g/mol. The zero-order valence-corrected chi connectivity index (χ0v) is 10.8. The van der Waals surface area contributed by atoms with Crippen molar-refractivity contribution in [3.05, 3.63) is 30.1 Å². The van der Waals surface area contributed by atoms with E-state index < -0.39 is 15.8 Å². The van der Waals surface area contributed by atoms with Crippen LogP contribution in [0, 0.1) is 11.7 Å². The number of hydrogen-bond donors (Lipinski definition) is 2. The SMILES string of the molecule is NC1CCC(CNS(=O)(=O)c2ccc(F)cc2)C1. The number of nitrogens with one attached hydrogen (secondary N) is 1. The molecule has 1 aliphatic carbocycles. The Labute approximate surface area is 106 Å². The summed E-state index contributed by atoms with van der Waals surface area (Å²) in [7, 11) is -3.54. The maximum atomic E-state index is 12.7. The molecule has 0 amide bonds. The van der Waals surface area contributed by atoms with Gasteiger partial charge in [-0.2, -0.15) is 0 Å². The van der Waals surface area contributed by atoms with Crippen LogP contribution in [-0.2, 0) is 10.0 Å². The number of sulfonamides is 1. The van der Waals surface area contributed by atoms with Crippen LogP contribution in [0.2, 0.25) is 0 Å². The van der Waals surface area contributed by atoms with E-state index in [1.807, 2.05) is 0 Å². The fourth-order valence-electron chi connectivity index (χ4n) is 2.22. The molecule has 1 aromatic carbocycles. The van der Waals surface area contributed by atoms with E-state index in [1.54, 1.807) is 0 Å². The van der Waals surface area contributed by atoms with E-state index in [1.165, 1.54) is 12.1 Å².